The van der Waals surface area contributed by atoms with E-state index in [1.54, 1.807) is 19.1 Å². The van der Waals surface area contributed by atoms with Crippen molar-refractivity contribution in [2.24, 2.45) is 0 Å². The number of benzene rings is 2. The number of nitrogens with zero attached hydrogens (tertiary/aromatic N) is 1. The van der Waals surface area contributed by atoms with Gasteiger partial charge in [-0.05, 0) is 19.1 Å². The summed E-state index contributed by atoms with van der Waals surface area (Å²) in [6.45, 7) is 1.91. The standard InChI is InChI=1S/C22H17NO3/c1-2-25-22(24)19(15-23)18-13-20(16-9-5-3-6-10-16)26-21(14-18)17-11-7-4-8-12-17/h3-14H,2H2,1H3. The quantitative estimate of drug-likeness (QED) is 0.466. The van der Waals surface area contributed by atoms with E-state index in [0.717, 1.165) is 11.1 Å². The highest BCUT2D eigenvalue weighted by molar-refractivity contribution is 5.96. The van der Waals surface area contributed by atoms with Crippen LogP contribution < -0.4 is 0 Å². The third-order valence-corrected chi connectivity index (χ3v) is 3.79. The van der Waals surface area contributed by atoms with Gasteiger partial charge in [-0.1, -0.05) is 60.7 Å². The summed E-state index contributed by atoms with van der Waals surface area (Å²) in [5.74, 6) is 0.497. The van der Waals surface area contributed by atoms with Crippen molar-refractivity contribution in [3.05, 3.63) is 95.1 Å². The molecule has 1 aliphatic heterocycles. The first-order valence-corrected chi connectivity index (χ1v) is 8.26. The highest BCUT2D eigenvalue weighted by atomic mass is 16.5. The van der Waals surface area contributed by atoms with Gasteiger partial charge in [0.05, 0.1) is 6.61 Å². The zero-order valence-corrected chi connectivity index (χ0v) is 14.3. The molecule has 0 aliphatic carbocycles. The Labute approximate surface area is 152 Å². The van der Waals surface area contributed by atoms with Crippen molar-refractivity contribution in [3.8, 4) is 6.07 Å². The molecule has 0 fully saturated rings. The number of ether oxygens (including phenoxy) is 2. The molecule has 3 rings (SSSR count). The smallest absolute Gasteiger partial charge is 0.349 e. The minimum Gasteiger partial charge on any atom is -0.462 e. The minimum atomic E-state index is -0.640. The van der Waals surface area contributed by atoms with Gasteiger partial charge < -0.3 is 9.47 Å². The fraction of sp³-hybridized carbons (Fsp3) is 0.0909. The maximum atomic E-state index is 12.2. The van der Waals surface area contributed by atoms with Gasteiger partial charge in [0.2, 0.25) is 0 Å². The molecule has 1 heterocycles. The van der Waals surface area contributed by atoms with Gasteiger partial charge in [-0.2, -0.15) is 5.26 Å². The molecule has 4 nitrogen and oxygen atoms in total. The van der Waals surface area contributed by atoms with Crippen LogP contribution in [0.15, 0.2) is 84.0 Å². The first-order valence-electron chi connectivity index (χ1n) is 8.26. The van der Waals surface area contributed by atoms with E-state index in [-0.39, 0.29) is 12.2 Å². The molecule has 0 saturated carbocycles. The van der Waals surface area contributed by atoms with Gasteiger partial charge in [0.15, 0.2) is 0 Å². The van der Waals surface area contributed by atoms with Crippen LogP contribution in [0.3, 0.4) is 0 Å². The molecular weight excluding hydrogens is 326 g/mol. The molecule has 0 N–H and O–H groups in total. The van der Waals surface area contributed by atoms with Crippen LogP contribution in [-0.4, -0.2) is 12.6 Å². The Bertz CT molecular complexity index is 875. The molecule has 2 aromatic carbocycles. The summed E-state index contributed by atoms with van der Waals surface area (Å²) in [4.78, 5) is 12.2. The third kappa shape index (κ3) is 3.73. The maximum Gasteiger partial charge on any atom is 0.349 e. The molecular formula is C22H17NO3. The van der Waals surface area contributed by atoms with Crippen molar-refractivity contribution in [2.75, 3.05) is 6.61 Å². The average Bonchev–Trinajstić information content (AvgIpc) is 2.70. The van der Waals surface area contributed by atoms with Crippen molar-refractivity contribution in [1.29, 1.82) is 5.26 Å². The van der Waals surface area contributed by atoms with Crippen LogP contribution in [0.25, 0.3) is 11.5 Å². The number of allylic oxidation sites excluding steroid dienone is 3. The first-order chi connectivity index (χ1) is 12.7. The molecule has 0 aromatic heterocycles. The zero-order chi connectivity index (χ0) is 18.4. The van der Waals surface area contributed by atoms with Gasteiger partial charge >= 0.3 is 5.97 Å². The van der Waals surface area contributed by atoms with Crippen LogP contribution >= 0.6 is 0 Å². The molecule has 4 heteroatoms. The third-order valence-electron chi connectivity index (χ3n) is 3.79. The number of rotatable bonds is 4. The summed E-state index contributed by atoms with van der Waals surface area (Å²) in [6, 6.07) is 21.0. The normalized spacial score (nSPS) is 13.0. The summed E-state index contributed by atoms with van der Waals surface area (Å²) < 4.78 is 11.1. The molecule has 0 spiro atoms. The van der Waals surface area contributed by atoms with Crippen LogP contribution in [0.1, 0.15) is 18.1 Å². The van der Waals surface area contributed by atoms with Crippen molar-refractivity contribution >= 4 is 17.5 Å². The summed E-state index contributed by atoms with van der Waals surface area (Å²) in [5, 5.41) is 9.48. The Balaban J connectivity index is 2.13. The van der Waals surface area contributed by atoms with Gasteiger partial charge in [-0.25, -0.2) is 4.79 Å². The van der Waals surface area contributed by atoms with E-state index in [2.05, 4.69) is 0 Å². The Kier molecular flexibility index (Phi) is 5.31. The van der Waals surface area contributed by atoms with E-state index >= 15 is 0 Å². The Morgan fingerprint density at radius 2 is 1.46 bits per heavy atom. The number of nitriles is 1. The number of hydrogen-bond acceptors (Lipinski definition) is 4. The number of carbonyl (C=O) groups excluding carboxylic acids is 1. The second kappa shape index (κ2) is 8.00. The largest absolute Gasteiger partial charge is 0.462 e. The van der Waals surface area contributed by atoms with Gasteiger partial charge in [0.1, 0.15) is 23.2 Å². The van der Waals surface area contributed by atoms with Crippen molar-refractivity contribution < 1.29 is 14.3 Å². The molecule has 128 valence electrons. The monoisotopic (exact) mass is 343 g/mol. The van der Waals surface area contributed by atoms with Gasteiger partial charge in [0.25, 0.3) is 0 Å². The number of hydrogen-bond donors (Lipinski definition) is 0. The Morgan fingerprint density at radius 3 is 1.88 bits per heavy atom. The fourth-order valence-electron chi connectivity index (χ4n) is 2.57. The van der Waals surface area contributed by atoms with Crippen LogP contribution in [-0.2, 0) is 14.3 Å². The maximum absolute atomic E-state index is 12.2. The van der Waals surface area contributed by atoms with Crippen LogP contribution in [0.4, 0.5) is 0 Å². The minimum absolute atomic E-state index is 0.0444. The average molecular weight is 343 g/mol. The molecule has 26 heavy (non-hydrogen) atoms. The Morgan fingerprint density at radius 1 is 0.962 bits per heavy atom. The molecule has 2 aromatic rings. The number of carbonyl (C=O) groups is 1. The fourth-order valence-corrected chi connectivity index (χ4v) is 2.57. The summed E-state index contributed by atoms with van der Waals surface area (Å²) in [6.07, 6.45) is 3.38. The second-order valence-corrected chi connectivity index (χ2v) is 5.51. The van der Waals surface area contributed by atoms with E-state index < -0.39 is 5.97 Å². The lowest BCUT2D eigenvalue weighted by Crippen LogP contribution is -2.10. The molecule has 0 saturated heterocycles. The zero-order valence-electron chi connectivity index (χ0n) is 14.3. The van der Waals surface area contributed by atoms with Gasteiger partial charge in [-0.3, -0.25) is 0 Å². The van der Waals surface area contributed by atoms with Crippen molar-refractivity contribution in [1.82, 2.24) is 0 Å². The molecule has 0 bridgehead atoms. The predicted octanol–water partition coefficient (Wildman–Crippen LogP) is 4.48. The molecule has 0 atom stereocenters. The summed E-state index contributed by atoms with van der Waals surface area (Å²) in [7, 11) is 0. The highest BCUT2D eigenvalue weighted by Crippen LogP contribution is 2.33. The molecule has 1 aliphatic rings. The summed E-state index contributed by atoms with van der Waals surface area (Å²) in [5.41, 5.74) is 2.13. The lowest BCUT2D eigenvalue weighted by molar-refractivity contribution is -0.138. The second-order valence-electron chi connectivity index (χ2n) is 5.51. The predicted molar refractivity (Wildman–Crippen MR) is 99.2 cm³/mol. The van der Waals surface area contributed by atoms with E-state index in [4.69, 9.17) is 9.47 Å². The molecule has 0 amide bonds. The van der Waals surface area contributed by atoms with E-state index in [1.807, 2.05) is 66.7 Å². The van der Waals surface area contributed by atoms with Crippen LogP contribution in [0.2, 0.25) is 0 Å². The Hall–Kier alpha value is -3.58. The van der Waals surface area contributed by atoms with Gasteiger partial charge in [-0.15, -0.1) is 0 Å². The van der Waals surface area contributed by atoms with Crippen molar-refractivity contribution in [3.63, 3.8) is 0 Å². The van der Waals surface area contributed by atoms with Gasteiger partial charge in [0, 0.05) is 16.7 Å². The lowest BCUT2D eigenvalue weighted by atomic mass is 10.0. The van der Waals surface area contributed by atoms with E-state index in [9.17, 15) is 10.1 Å². The molecule has 0 radical (unpaired) electrons. The SMILES string of the molecule is CCOC(=O)C(C#N)=C1C=C(c2ccccc2)OC(c2ccccc2)=C1. The molecule has 0 unspecified atom stereocenters. The van der Waals surface area contributed by atoms with Crippen LogP contribution in [0.5, 0.6) is 0 Å². The van der Waals surface area contributed by atoms with Crippen molar-refractivity contribution in [2.45, 2.75) is 6.92 Å². The highest BCUT2D eigenvalue weighted by Gasteiger charge is 2.21. The lowest BCUT2D eigenvalue weighted by Gasteiger charge is -2.19. The topological polar surface area (TPSA) is 59.3 Å². The number of esters is 1. The summed E-state index contributed by atoms with van der Waals surface area (Å²) >= 11 is 0. The van der Waals surface area contributed by atoms with E-state index in [0.29, 0.717) is 17.1 Å². The van der Waals surface area contributed by atoms with E-state index in [1.165, 1.54) is 0 Å². The first kappa shape index (κ1) is 17.2. The van der Waals surface area contributed by atoms with Crippen LogP contribution in [0, 0.1) is 11.3 Å².